The molecule has 1 aliphatic carbocycles. The molecule has 31 heavy (non-hydrogen) atoms. The third-order valence-electron chi connectivity index (χ3n) is 6.93. The van der Waals surface area contributed by atoms with E-state index in [9.17, 15) is 0 Å². The number of fused-ring (bicyclic) bond motifs is 2. The first kappa shape index (κ1) is 24.2. The van der Waals surface area contributed by atoms with Crippen LogP contribution in [0.2, 0.25) is 28.6 Å². The molecule has 0 aromatic carbocycles. The van der Waals surface area contributed by atoms with E-state index in [4.69, 9.17) is 37.1 Å². The fourth-order valence-electron chi connectivity index (χ4n) is 4.31. The van der Waals surface area contributed by atoms with Crippen LogP contribution in [0.5, 0.6) is 0 Å². The molecule has 172 valence electrons. The van der Waals surface area contributed by atoms with Crippen LogP contribution in [0.3, 0.4) is 0 Å². The Bertz CT molecular complexity index is 1010. The predicted molar refractivity (Wildman–Crippen MR) is 134 cm³/mol. The van der Waals surface area contributed by atoms with Crippen molar-refractivity contribution >= 4 is 65.1 Å². The Hall–Kier alpha value is 0.0269. The maximum atomic E-state index is 6.59. The number of hydrogen-bond donors (Lipinski definition) is 0. The highest BCUT2D eigenvalue weighted by atomic mass is 127. The molecule has 0 amide bonds. The van der Waals surface area contributed by atoms with E-state index in [-0.39, 0.29) is 34.5 Å². The summed E-state index contributed by atoms with van der Waals surface area (Å²) in [5.41, 5.74) is 0.734. The molecule has 3 heterocycles. The highest BCUT2D eigenvalue weighted by Gasteiger charge is 2.55. The zero-order chi connectivity index (χ0) is 22.9. The second-order valence-electron chi connectivity index (χ2n) is 10.6. The number of hydrogen-bond acceptors (Lipinski definition) is 5. The Morgan fingerprint density at radius 3 is 2.52 bits per heavy atom. The van der Waals surface area contributed by atoms with Crippen molar-refractivity contribution in [3.8, 4) is 0 Å². The van der Waals surface area contributed by atoms with Crippen molar-refractivity contribution < 1.29 is 13.9 Å². The highest BCUT2D eigenvalue weighted by Crippen LogP contribution is 2.49. The van der Waals surface area contributed by atoms with Crippen LogP contribution in [0.1, 0.15) is 47.1 Å². The molecule has 0 spiro atoms. The van der Waals surface area contributed by atoms with Crippen LogP contribution in [0, 0.1) is 9.49 Å². The van der Waals surface area contributed by atoms with E-state index >= 15 is 0 Å². The zero-order valence-electron chi connectivity index (χ0n) is 19.0. The minimum atomic E-state index is -1.87. The standard InChI is InChI=1S/C21H30Cl2IN3O3Si/c1-20(2,3)31(6,7)28-10-11-8-13(16-15(11)29-21(4,5)30-16)27-9-12(24)14-17(22)25-19(23)26-18(14)27/h9,11,13,15-16H,8,10H2,1-7H3/t11-,13-,15-,16+/m1/s1. The molecule has 10 heteroatoms. The predicted octanol–water partition coefficient (Wildman–Crippen LogP) is 6.45. The van der Waals surface area contributed by atoms with Crippen molar-refractivity contribution in [1.82, 2.24) is 14.5 Å². The minimum Gasteiger partial charge on any atom is -0.416 e. The Morgan fingerprint density at radius 1 is 1.23 bits per heavy atom. The Morgan fingerprint density at radius 2 is 1.87 bits per heavy atom. The zero-order valence-corrected chi connectivity index (χ0v) is 23.7. The van der Waals surface area contributed by atoms with Gasteiger partial charge in [0.15, 0.2) is 14.1 Å². The largest absolute Gasteiger partial charge is 0.416 e. The van der Waals surface area contributed by atoms with Crippen molar-refractivity contribution in [3.63, 3.8) is 0 Å². The lowest BCUT2D eigenvalue weighted by molar-refractivity contribution is -0.161. The molecule has 2 fully saturated rings. The van der Waals surface area contributed by atoms with Gasteiger partial charge in [0.1, 0.15) is 16.9 Å². The van der Waals surface area contributed by atoms with Crippen LogP contribution in [0.25, 0.3) is 11.0 Å². The Balaban J connectivity index is 1.68. The van der Waals surface area contributed by atoms with Gasteiger partial charge in [0.25, 0.3) is 0 Å². The molecule has 1 saturated carbocycles. The third kappa shape index (κ3) is 4.42. The normalized spacial score (nSPS) is 28.5. The van der Waals surface area contributed by atoms with Crippen LogP contribution in [-0.2, 0) is 13.9 Å². The first-order chi connectivity index (χ1) is 14.2. The first-order valence-corrected chi connectivity index (χ1v) is 15.3. The number of ether oxygens (including phenoxy) is 2. The molecule has 4 rings (SSSR count). The molecule has 2 aromatic rings. The molecule has 6 nitrogen and oxygen atoms in total. The summed E-state index contributed by atoms with van der Waals surface area (Å²) in [7, 11) is -1.87. The minimum absolute atomic E-state index is 0.0346. The molecular weight excluding hydrogens is 568 g/mol. The van der Waals surface area contributed by atoms with Crippen molar-refractivity contribution in [2.75, 3.05) is 6.61 Å². The van der Waals surface area contributed by atoms with Crippen LogP contribution in [0.4, 0.5) is 0 Å². The van der Waals surface area contributed by atoms with Crippen LogP contribution in [-0.4, -0.2) is 47.5 Å². The summed E-state index contributed by atoms with van der Waals surface area (Å²) in [5.74, 6) is -0.405. The molecule has 1 saturated heterocycles. The Kier molecular flexibility index (Phi) is 6.28. The van der Waals surface area contributed by atoms with Gasteiger partial charge in [-0.15, -0.1) is 0 Å². The summed E-state index contributed by atoms with van der Waals surface area (Å²) in [6.07, 6.45) is 2.81. The molecule has 0 unspecified atom stereocenters. The summed E-state index contributed by atoms with van der Waals surface area (Å²) in [5, 5.41) is 1.50. The highest BCUT2D eigenvalue weighted by molar-refractivity contribution is 14.1. The van der Waals surface area contributed by atoms with Gasteiger partial charge in [0.2, 0.25) is 5.28 Å². The molecule has 2 aromatic heterocycles. The number of nitrogens with zero attached hydrogens (tertiary/aromatic N) is 3. The van der Waals surface area contributed by atoms with Gasteiger partial charge in [-0.25, -0.2) is 4.98 Å². The molecular formula is C21H30Cl2IN3O3Si. The van der Waals surface area contributed by atoms with E-state index in [0.29, 0.717) is 11.8 Å². The van der Waals surface area contributed by atoms with E-state index < -0.39 is 14.1 Å². The first-order valence-electron chi connectivity index (χ1n) is 10.6. The lowest BCUT2D eigenvalue weighted by Crippen LogP contribution is -2.43. The number of rotatable bonds is 4. The average Bonchev–Trinajstić information content (AvgIpc) is 3.20. The van der Waals surface area contributed by atoms with Crippen LogP contribution < -0.4 is 0 Å². The monoisotopic (exact) mass is 597 g/mol. The van der Waals surface area contributed by atoms with Gasteiger partial charge in [-0.05, 0) is 72.6 Å². The quantitative estimate of drug-likeness (QED) is 0.176. The lowest BCUT2D eigenvalue weighted by atomic mass is 10.1. The van der Waals surface area contributed by atoms with E-state index in [1.807, 2.05) is 13.8 Å². The van der Waals surface area contributed by atoms with Gasteiger partial charge < -0.3 is 18.5 Å². The Labute approximate surface area is 208 Å². The van der Waals surface area contributed by atoms with Crippen molar-refractivity contribution in [2.24, 2.45) is 5.92 Å². The van der Waals surface area contributed by atoms with Crippen molar-refractivity contribution in [3.05, 3.63) is 20.2 Å². The van der Waals surface area contributed by atoms with Gasteiger partial charge in [-0.1, -0.05) is 32.4 Å². The molecule has 4 atom stereocenters. The van der Waals surface area contributed by atoms with Crippen molar-refractivity contribution in [1.29, 1.82) is 0 Å². The molecule has 2 aliphatic rings. The fraction of sp³-hybridized carbons (Fsp3) is 0.714. The summed E-state index contributed by atoms with van der Waals surface area (Å²) in [6, 6.07) is 0.0489. The van der Waals surface area contributed by atoms with Crippen LogP contribution >= 0.6 is 45.8 Å². The van der Waals surface area contributed by atoms with E-state index in [0.717, 1.165) is 21.0 Å². The average molecular weight is 598 g/mol. The smallest absolute Gasteiger partial charge is 0.225 e. The second-order valence-corrected chi connectivity index (χ2v) is 17.2. The van der Waals surface area contributed by atoms with Gasteiger partial charge in [0.05, 0.1) is 17.5 Å². The van der Waals surface area contributed by atoms with Gasteiger partial charge >= 0.3 is 0 Å². The van der Waals surface area contributed by atoms with E-state index in [2.05, 4.69) is 77.2 Å². The SMILES string of the molecule is CC1(C)O[C@@H]2[C@@H](CO[Si](C)(C)C(C)(C)C)C[C@@H](n3cc(I)c4c(Cl)nc(Cl)nc43)[C@@H]2O1. The fourth-order valence-corrected chi connectivity index (χ4v) is 6.81. The molecule has 0 bridgehead atoms. The van der Waals surface area contributed by atoms with Gasteiger partial charge in [-0.2, -0.15) is 4.98 Å². The van der Waals surface area contributed by atoms with E-state index in [1.54, 1.807) is 0 Å². The summed E-state index contributed by atoms with van der Waals surface area (Å²) in [4.78, 5) is 8.62. The maximum Gasteiger partial charge on any atom is 0.225 e. The van der Waals surface area contributed by atoms with Crippen LogP contribution in [0.15, 0.2) is 6.20 Å². The second kappa shape index (κ2) is 8.06. The van der Waals surface area contributed by atoms with E-state index in [1.165, 1.54) is 0 Å². The summed E-state index contributed by atoms with van der Waals surface area (Å²) in [6.45, 7) is 16.0. The molecule has 0 radical (unpaired) electrons. The van der Waals surface area contributed by atoms with Crippen molar-refractivity contribution in [2.45, 2.75) is 83.2 Å². The molecule has 1 aliphatic heterocycles. The topological polar surface area (TPSA) is 58.4 Å². The van der Waals surface area contributed by atoms with Gasteiger partial charge in [-0.3, -0.25) is 0 Å². The lowest BCUT2D eigenvalue weighted by Gasteiger charge is -2.37. The molecule has 0 N–H and O–H groups in total. The maximum absolute atomic E-state index is 6.59. The summed E-state index contributed by atoms with van der Waals surface area (Å²) < 4.78 is 22.5. The summed E-state index contributed by atoms with van der Waals surface area (Å²) >= 11 is 14.8. The van der Waals surface area contributed by atoms with Gasteiger partial charge in [0, 0.05) is 22.3 Å². The number of halogens is 3. The number of aromatic nitrogens is 3. The third-order valence-corrected chi connectivity index (χ3v) is 12.7.